The predicted molar refractivity (Wildman–Crippen MR) is 64.5 cm³/mol. The van der Waals surface area contributed by atoms with E-state index in [1.54, 1.807) is 6.92 Å². The summed E-state index contributed by atoms with van der Waals surface area (Å²) in [6.45, 7) is 5.93. The van der Waals surface area contributed by atoms with Crippen molar-refractivity contribution in [3.63, 3.8) is 0 Å². The van der Waals surface area contributed by atoms with Gasteiger partial charge in [-0.1, -0.05) is 6.58 Å². The van der Waals surface area contributed by atoms with Gasteiger partial charge >= 0.3 is 5.97 Å². The monoisotopic (exact) mass is 252 g/mol. The zero-order valence-corrected chi connectivity index (χ0v) is 10.7. The first-order chi connectivity index (χ1) is 8.53. The average Bonchev–Trinajstić information content (AvgIpc) is 2.96. The van der Waals surface area contributed by atoms with Crippen LogP contribution in [0.5, 0.6) is 0 Å². The van der Waals surface area contributed by atoms with Gasteiger partial charge in [0, 0.05) is 11.0 Å². The van der Waals surface area contributed by atoms with Crippen LogP contribution in [0.15, 0.2) is 12.2 Å². The van der Waals surface area contributed by atoms with Crippen LogP contribution in [-0.2, 0) is 14.3 Å². The Labute approximate surface area is 107 Å². The molecule has 0 radical (unpaired) electrons. The van der Waals surface area contributed by atoms with Gasteiger partial charge in [0.15, 0.2) is 6.29 Å². The van der Waals surface area contributed by atoms with Gasteiger partial charge in [0.1, 0.15) is 6.10 Å². The van der Waals surface area contributed by atoms with Crippen molar-refractivity contribution < 1.29 is 19.4 Å². The minimum Gasteiger partial charge on any atom is -0.459 e. The lowest BCUT2D eigenvalue weighted by molar-refractivity contribution is -0.157. The molecule has 2 bridgehead atoms. The van der Waals surface area contributed by atoms with E-state index in [0.29, 0.717) is 24.0 Å². The number of esters is 1. The molecule has 18 heavy (non-hydrogen) atoms. The van der Waals surface area contributed by atoms with Gasteiger partial charge in [0.05, 0.1) is 6.61 Å². The molecule has 1 spiro atoms. The standard InChI is InChI=1S/C14H20O4/c1-8(2)12(15)18-11-6-10-5-9(11)7-14(10)3-4-17-13(14)16/h9-11,13,16H,1,3-7H2,2H3. The Bertz CT molecular complexity index is 391. The van der Waals surface area contributed by atoms with E-state index < -0.39 is 6.29 Å². The third-order valence-electron chi connectivity index (χ3n) is 5.03. The zero-order valence-electron chi connectivity index (χ0n) is 10.7. The Kier molecular flexibility index (Phi) is 2.75. The van der Waals surface area contributed by atoms with Gasteiger partial charge in [0.2, 0.25) is 0 Å². The normalized spacial score (nSPS) is 45.7. The van der Waals surface area contributed by atoms with Gasteiger partial charge in [0.25, 0.3) is 0 Å². The summed E-state index contributed by atoms with van der Waals surface area (Å²) in [5, 5.41) is 10.0. The van der Waals surface area contributed by atoms with Crippen molar-refractivity contribution in [2.75, 3.05) is 6.61 Å². The fourth-order valence-electron chi connectivity index (χ4n) is 4.07. The van der Waals surface area contributed by atoms with Crippen molar-refractivity contribution in [3.8, 4) is 0 Å². The van der Waals surface area contributed by atoms with E-state index in [4.69, 9.17) is 9.47 Å². The number of hydrogen-bond donors (Lipinski definition) is 1. The topological polar surface area (TPSA) is 55.8 Å². The predicted octanol–water partition coefficient (Wildman–Crippen LogP) is 1.63. The molecule has 100 valence electrons. The Morgan fingerprint density at radius 3 is 2.78 bits per heavy atom. The largest absolute Gasteiger partial charge is 0.459 e. The third-order valence-corrected chi connectivity index (χ3v) is 5.03. The first kappa shape index (κ1) is 12.2. The van der Waals surface area contributed by atoms with Crippen LogP contribution in [0.2, 0.25) is 0 Å². The lowest BCUT2D eigenvalue weighted by Gasteiger charge is -2.37. The summed E-state index contributed by atoms with van der Waals surface area (Å²) in [4.78, 5) is 11.6. The molecular weight excluding hydrogens is 232 g/mol. The number of rotatable bonds is 2. The SMILES string of the molecule is C=C(C)C(=O)OC1CC2CC1CC21CCOC1O. The Morgan fingerprint density at radius 1 is 1.50 bits per heavy atom. The maximum atomic E-state index is 11.6. The molecule has 2 aliphatic carbocycles. The van der Waals surface area contributed by atoms with Crippen molar-refractivity contribution >= 4 is 5.97 Å². The molecule has 3 fully saturated rings. The van der Waals surface area contributed by atoms with Gasteiger partial charge in [-0.15, -0.1) is 0 Å². The number of aliphatic hydroxyl groups is 1. The number of ether oxygens (including phenoxy) is 2. The Balaban J connectivity index is 1.67. The van der Waals surface area contributed by atoms with Gasteiger partial charge in [-0.3, -0.25) is 0 Å². The summed E-state index contributed by atoms with van der Waals surface area (Å²) in [5.41, 5.74) is 0.397. The van der Waals surface area contributed by atoms with Crippen LogP contribution >= 0.6 is 0 Å². The number of fused-ring (bicyclic) bond motifs is 3. The molecule has 4 nitrogen and oxygen atoms in total. The highest BCUT2D eigenvalue weighted by atomic mass is 16.6. The number of carbonyl (C=O) groups excluding carboxylic acids is 1. The second kappa shape index (κ2) is 4.07. The highest BCUT2D eigenvalue weighted by molar-refractivity contribution is 5.87. The Morgan fingerprint density at radius 2 is 2.28 bits per heavy atom. The second-order valence-corrected chi connectivity index (χ2v) is 6.06. The van der Waals surface area contributed by atoms with Crippen LogP contribution < -0.4 is 0 Å². The number of aliphatic hydroxyl groups excluding tert-OH is 1. The molecular formula is C14H20O4. The summed E-state index contributed by atoms with van der Waals surface area (Å²) in [6.07, 6.45) is 3.17. The quantitative estimate of drug-likeness (QED) is 0.599. The molecule has 0 aromatic carbocycles. The van der Waals surface area contributed by atoms with Crippen LogP contribution in [-0.4, -0.2) is 30.1 Å². The molecule has 0 aromatic heterocycles. The van der Waals surface area contributed by atoms with Gasteiger partial charge in [-0.05, 0) is 44.4 Å². The summed E-state index contributed by atoms with van der Waals surface area (Å²) in [6, 6.07) is 0. The van der Waals surface area contributed by atoms with Crippen LogP contribution in [0, 0.1) is 17.3 Å². The van der Waals surface area contributed by atoms with Crippen molar-refractivity contribution in [3.05, 3.63) is 12.2 Å². The minimum absolute atomic E-state index is 0.0117. The number of carbonyl (C=O) groups is 1. The smallest absolute Gasteiger partial charge is 0.333 e. The van der Waals surface area contributed by atoms with Crippen molar-refractivity contribution in [1.82, 2.24) is 0 Å². The second-order valence-electron chi connectivity index (χ2n) is 6.06. The van der Waals surface area contributed by atoms with E-state index in [1.807, 2.05) is 0 Å². The lowest BCUT2D eigenvalue weighted by atomic mass is 9.71. The highest BCUT2D eigenvalue weighted by Crippen LogP contribution is 2.61. The molecule has 2 saturated carbocycles. The van der Waals surface area contributed by atoms with E-state index in [1.165, 1.54) is 0 Å². The van der Waals surface area contributed by atoms with Gasteiger partial charge < -0.3 is 14.6 Å². The maximum Gasteiger partial charge on any atom is 0.333 e. The fraction of sp³-hybridized carbons (Fsp3) is 0.786. The summed E-state index contributed by atoms with van der Waals surface area (Å²) < 4.78 is 10.8. The molecule has 1 N–H and O–H groups in total. The zero-order chi connectivity index (χ0) is 12.9. The molecule has 4 heteroatoms. The van der Waals surface area contributed by atoms with E-state index in [-0.39, 0.29) is 17.5 Å². The van der Waals surface area contributed by atoms with Gasteiger partial charge in [-0.25, -0.2) is 4.79 Å². The highest BCUT2D eigenvalue weighted by Gasteiger charge is 2.61. The first-order valence-corrected chi connectivity index (χ1v) is 6.69. The Hall–Kier alpha value is -0.870. The summed E-state index contributed by atoms with van der Waals surface area (Å²) in [5.74, 6) is 0.530. The van der Waals surface area contributed by atoms with Crippen LogP contribution in [0.1, 0.15) is 32.6 Å². The van der Waals surface area contributed by atoms with E-state index in [2.05, 4.69) is 6.58 Å². The molecule has 3 aliphatic rings. The van der Waals surface area contributed by atoms with Crippen LogP contribution in [0.25, 0.3) is 0 Å². The van der Waals surface area contributed by atoms with E-state index in [0.717, 1.165) is 25.7 Å². The molecule has 1 saturated heterocycles. The first-order valence-electron chi connectivity index (χ1n) is 6.69. The lowest BCUT2D eigenvalue weighted by Crippen LogP contribution is -2.40. The average molecular weight is 252 g/mol. The van der Waals surface area contributed by atoms with Gasteiger partial charge in [-0.2, -0.15) is 0 Å². The summed E-state index contributed by atoms with van der Waals surface area (Å²) in [7, 11) is 0. The van der Waals surface area contributed by atoms with Crippen molar-refractivity contribution in [2.24, 2.45) is 17.3 Å². The van der Waals surface area contributed by atoms with Crippen LogP contribution in [0.4, 0.5) is 0 Å². The minimum atomic E-state index is -0.620. The molecule has 1 aliphatic heterocycles. The molecule has 0 aromatic rings. The van der Waals surface area contributed by atoms with Crippen molar-refractivity contribution in [1.29, 1.82) is 0 Å². The summed E-state index contributed by atoms with van der Waals surface area (Å²) >= 11 is 0. The van der Waals surface area contributed by atoms with E-state index >= 15 is 0 Å². The molecule has 0 amide bonds. The number of hydrogen-bond acceptors (Lipinski definition) is 4. The molecule has 5 atom stereocenters. The fourth-order valence-corrected chi connectivity index (χ4v) is 4.07. The van der Waals surface area contributed by atoms with E-state index in [9.17, 15) is 9.90 Å². The molecule has 1 heterocycles. The maximum absolute atomic E-state index is 11.6. The molecule has 3 rings (SSSR count). The molecule has 5 unspecified atom stereocenters. The third kappa shape index (κ3) is 1.62. The van der Waals surface area contributed by atoms with Crippen molar-refractivity contribution in [2.45, 2.75) is 45.0 Å². The van der Waals surface area contributed by atoms with Crippen LogP contribution in [0.3, 0.4) is 0 Å².